The van der Waals surface area contributed by atoms with Gasteiger partial charge < -0.3 is 4.74 Å². The van der Waals surface area contributed by atoms with E-state index in [0.717, 1.165) is 5.75 Å². The molecule has 1 aromatic rings. The van der Waals surface area contributed by atoms with Crippen molar-refractivity contribution >= 4 is 17.5 Å². The minimum absolute atomic E-state index is 0.159. The highest BCUT2D eigenvalue weighted by molar-refractivity contribution is 7.98. The first-order valence-corrected chi connectivity index (χ1v) is 7.19. The average Bonchev–Trinajstić information content (AvgIpc) is 2.34. The quantitative estimate of drug-likeness (QED) is 0.721. The summed E-state index contributed by atoms with van der Waals surface area (Å²) < 4.78 is 5.31. The molecule has 0 atom stereocenters. The van der Waals surface area contributed by atoms with Gasteiger partial charge in [-0.2, -0.15) is 11.8 Å². The van der Waals surface area contributed by atoms with Crippen molar-refractivity contribution in [3.05, 3.63) is 29.3 Å². The number of hydrogen-bond donors (Lipinski definition) is 0. The van der Waals surface area contributed by atoms with Crippen molar-refractivity contribution in [2.75, 3.05) is 19.1 Å². The Morgan fingerprint density at radius 3 is 2.65 bits per heavy atom. The van der Waals surface area contributed by atoms with Crippen molar-refractivity contribution in [2.24, 2.45) is 0 Å². The first-order valence-electron chi connectivity index (χ1n) is 5.80. The molecule has 0 bridgehead atoms. The van der Waals surface area contributed by atoms with Crippen LogP contribution < -0.4 is 4.74 Å². The van der Waals surface area contributed by atoms with Crippen LogP contribution in [0.1, 0.15) is 42.1 Å². The molecule has 0 aliphatic carbocycles. The van der Waals surface area contributed by atoms with E-state index in [2.05, 4.69) is 13.8 Å². The number of thioether (sulfide) groups is 1. The second-order valence-corrected chi connectivity index (χ2v) is 5.27. The smallest absolute Gasteiger partial charge is 0.167 e. The summed E-state index contributed by atoms with van der Waals surface area (Å²) in [5, 5.41) is 0. The molecule has 0 aliphatic rings. The first-order chi connectivity index (χ1) is 8.10. The maximum atomic E-state index is 12.0. The van der Waals surface area contributed by atoms with E-state index in [4.69, 9.17) is 4.74 Å². The second-order valence-electron chi connectivity index (χ2n) is 4.28. The van der Waals surface area contributed by atoms with E-state index >= 15 is 0 Å². The lowest BCUT2D eigenvalue weighted by Crippen LogP contribution is -2.04. The number of carbonyl (C=O) groups excluding carboxylic acids is 1. The van der Waals surface area contributed by atoms with E-state index in [1.54, 1.807) is 18.9 Å². The standard InChI is InChI=1S/C14H20O2S/c1-10(2)11-5-6-12(14(9-11)16-3)13(15)7-8-17-4/h5-6,9-10H,7-8H2,1-4H3. The number of hydrogen-bond acceptors (Lipinski definition) is 3. The van der Waals surface area contributed by atoms with Gasteiger partial charge in [0.2, 0.25) is 0 Å². The molecule has 0 fully saturated rings. The second kappa shape index (κ2) is 6.70. The predicted molar refractivity (Wildman–Crippen MR) is 74.4 cm³/mol. The number of benzene rings is 1. The molecule has 0 aliphatic heterocycles. The zero-order chi connectivity index (χ0) is 12.8. The third-order valence-electron chi connectivity index (χ3n) is 2.73. The maximum absolute atomic E-state index is 12.0. The normalized spacial score (nSPS) is 10.6. The third-order valence-corrected chi connectivity index (χ3v) is 3.34. The molecule has 94 valence electrons. The van der Waals surface area contributed by atoms with Gasteiger partial charge in [-0.15, -0.1) is 0 Å². The molecule has 1 aromatic carbocycles. The molecule has 0 unspecified atom stereocenters. The Bertz CT molecular complexity index is 386. The lowest BCUT2D eigenvalue weighted by atomic mass is 9.99. The van der Waals surface area contributed by atoms with Gasteiger partial charge in [0.1, 0.15) is 5.75 Å². The van der Waals surface area contributed by atoms with Crippen LogP contribution in [-0.4, -0.2) is 24.9 Å². The zero-order valence-corrected chi connectivity index (χ0v) is 11.8. The van der Waals surface area contributed by atoms with Crippen molar-refractivity contribution in [3.63, 3.8) is 0 Å². The highest BCUT2D eigenvalue weighted by atomic mass is 32.2. The average molecular weight is 252 g/mol. The summed E-state index contributed by atoms with van der Waals surface area (Å²) in [7, 11) is 1.62. The van der Waals surface area contributed by atoms with Crippen molar-refractivity contribution in [3.8, 4) is 5.75 Å². The molecule has 0 heterocycles. The number of methoxy groups -OCH3 is 1. The van der Waals surface area contributed by atoms with E-state index in [0.29, 0.717) is 23.7 Å². The maximum Gasteiger partial charge on any atom is 0.167 e. The van der Waals surface area contributed by atoms with E-state index in [-0.39, 0.29) is 5.78 Å². The van der Waals surface area contributed by atoms with Gasteiger partial charge in [0.25, 0.3) is 0 Å². The summed E-state index contributed by atoms with van der Waals surface area (Å²) in [6.07, 6.45) is 2.57. The Labute approximate surface area is 108 Å². The fourth-order valence-electron chi connectivity index (χ4n) is 1.63. The van der Waals surface area contributed by atoms with Gasteiger partial charge in [0.15, 0.2) is 5.78 Å². The molecule has 2 nitrogen and oxygen atoms in total. The monoisotopic (exact) mass is 252 g/mol. The Morgan fingerprint density at radius 1 is 1.41 bits per heavy atom. The molecule has 0 spiro atoms. The van der Waals surface area contributed by atoms with Gasteiger partial charge in [-0.25, -0.2) is 0 Å². The molecule has 0 N–H and O–H groups in total. The van der Waals surface area contributed by atoms with Gasteiger partial charge in [-0.1, -0.05) is 19.9 Å². The number of ketones is 1. The van der Waals surface area contributed by atoms with Crippen LogP contribution in [0.5, 0.6) is 5.75 Å². The van der Waals surface area contributed by atoms with Gasteiger partial charge in [0.05, 0.1) is 12.7 Å². The van der Waals surface area contributed by atoms with E-state index in [9.17, 15) is 4.79 Å². The Morgan fingerprint density at radius 2 is 2.12 bits per heavy atom. The van der Waals surface area contributed by atoms with Crippen LogP contribution in [0, 0.1) is 0 Å². The molecular formula is C14H20O2S. The summed E-state index contributed by atoms with van der Waals surface area (Å²) in [4.78, 5) is 12.0. The van der Waals surface area contributed by atoms with Crippen molar-refractivity contribution in [1.82, 2.24) is 0 Å². The largest absolute Gasteiger partial charge is 0.496 e. The topological polar surface area (TPSA) is 26.3 Å². The van der Waals surface area contributed by atoms with Crippen molar-refractivity contribution in [1.29, 1.82) is 0 Å². The Kier molecular flexibility index (Phi) is 5.56. The summed E-state index contributed by atoms with van der Waals surface area (Å²) in [6, 6.07) is 5.87. The first kappa shape index (κ1) is 14.1. The lowest BCUT2D eigenvalue weighted by Gasteiger charge is -2.11. The van der Waals surface area contributed by atoms with Gasteiger partial charge in [-0.3, -0.25) is 4.79 Å². The summed E-state index contributed by atoms with van der Waals surface area (Å²) >= 11 is 1.68. The van der Waals surface area contributed by atoms with Crippen molar-refractivity contribution < 1.29 is 9.53 Å². The van der Waals surface area contributed by atoms with E-state index in [1.165, 1.54) is 5.56 Å². The van der Waals surface area contributed by atoms with Gasteiger partial charge >= 0.3 is 0 Å². The fraction of sp³-hybridized carbons (Fsp3) is 0.500. The van der Waals surface area contributed by atoms with Crippen molar-refractivity contribution in [2.45, 2.75) is 26.2 Å². The summed E-state index contributed by atoms with van der Waals surface area (Å²) in [5.41, 5.74) is 1.90. The Balaban J connectivity index is 2.96. The van der Waals surface area contributed by atoms with Crippen LogP contribution >= 0.6 is 11.8 Å². The molecular weight excluding hydrogens is 232 g/mol. The SMILES string of the molecule is COc1cc(C(C)C)ccc1C(=O)CCSC. The molecule has 17 heavy (non-hydrogen) atoms. The third kappa shape index (κ3) is 3.77. The number of Topliss-reactive ketones (excluding diaryl/α,β-unsaturated/α-hetero) is 1. The number of carbonyl (C=O) groups is 1. The van der Waals surface area contributed by atoms with Crippen LogP contribution in [0.4, 0.5) is 0 Å². The highest BCUT2D eigenvalue weighted by Crippen LogP contribution is 2.25. The number of rotatable bonds is 6. The minimum Gasteiger partial charge on any atom is -0.496 e. The van der Waals surface area contributed by atoms with Crippen LogP contribution in [0.2, 0.25) is 0 Å². The predicted octanol–water partition coefficient (Wildman–Crippen LogP) is 3.75. The van der Waals surface area contributed by atoms with Crippen LogP contribution in [-0.2, 0) is 0 Å². The molecule has 1 rings (SSSR count). The molecule has 0 amide bonds. The zero-order valence-electron chi connectivity index (χ0n) is 10.9. The summed E-state index contributed by atoms with van der Waals surface area (Å²) in [5.74, 6) is 2.15. The van der Waals surface area contributed by atoms with Crippen LogP contribution in [0.3, 0.4) is 0 Å². The van der Waals surface area contributed by atoms with E-state index in [1.807, 2.05) is 24.5 Å². The van der Waals surface area contributed by atoms with Crippen LogP contribution in [0.25, 0.3) is 0 Å². The molecule has 0 saturated carbocycles. The van der Waals surface area contributed by atoms with E-state index < -0.39 is 0 Å². The summed E-state index contributed by atoms with van der Waals surface area (Å²) in [6.45, 7) is 4.26. The molecule has 3 heteroatoms. The van der Waals surface area contributed by atoms with Gasteiger partial charge in [-0.05, 0) is 29.9 Å². The fourth-order valence-corrected chi connectivity index (χ4v) is 2.02. The molecule has 0 saturated heterocycles. The molecule has 0 radical (unpaired) electrons. The molecule has 0 aromatic heterocycles. The number of ether oxygens (including phenoxy) is 1. The minimum atomic E-state index is 0.159. The van der Waals surface area contributed by atoms with Gasteiger partial charge in [0, 0.05) is 12.2 Å². The lowest BCUT2D eigenvalue weighted by molar-refractivity contribution is 0.0986. The highest BCUT2D eigenvalue weighted by Gasteiger charge is 2.13. The Hall–Kier alpha value is -0.960. The van der Waals surface area contributed by atoms with Crippen LogP contribution in [0.15, 0.2) is 18.2 Å².